The Labute approximate surface area is 125 Å². The van der Waals surface area contributed by atoms with Crippen molar-refractivity contribution in [1.82, 2.24) is 0 Å². The summed E-state index contributed by atoms with van der Waals surface area (Å²) in [6.07, 6.45) is 6.13. The summed E-state index contributed by atoms with van der Waals surface area (Å²) in [7, 11) is 3.25. The Bertz CT molecular complexity index is 416. The fourth-order valence-corrected chi connectivity index (χ4v) is 3.94. The van der Waals surface area contributed by atoms with Crippen LogP contribution in [0.3, 0.4) is 0 Å². The molecule has 20 heavy (non-hydrogen) atoms. The lowest BCUT2D eigenvalue weighted by molar-refractivity contribution is 0.198. The Balaban J connectivity index is 1.95. The van der Waals surface area contributed by atoms with Crippen molar-refractivity contribution >= 4 is 11.8 Å². The van der Waals surface area contributed by atoms with Gasteiger partial charge in [-0.3, -0.25) is 0 Å². The molecule has 0 heterocycles. The molecule has 0 aromatic heterocycles. The Morgan fingerprint density at radius 3 is 2.60 bits per heavy atom. The van der Waals surface area contributed by atoms with Crippen LogP contribution in [0.4, 0.5) is 0 Å². The van der Waals surface area contributed by atoms with Crippen LogP contribution in [0.5, 0.6) is 11.5 Å². The predicted octanol–water partition coefficient (Wildman–Crippen LogP) is 3.80. The predicted molar refractivity (Wildman–Crippen MR) is 83.8 cm³/mol. The number of hydrogen-bond donors (Lipinski definition) is 1. The molecule has 0 aliphatic heterocycles. The maximum Gasteiger partial charge on any atom is 0.128 e. The molecule has 1 fully saturated rings. The topological polar surface area (TPSA) is 38.7 Å². The van der Waals surface area contributed by atoms with E-state index in [0.717, 1.165) is 17.1 Å². The van der Waals surface area contributed by atoms with E-state index in [-0.39, 0.29) is 0 Å². The smallest absolute Gasteiger partial charge is 0.128 e. The van der Waals surface area contributed by atoms with Gasteiger partial charge in [-0.1, -0.05) is 19.3 Å². The molecule has 1 aromatic carbocycles. The summed E-state index contributed by atoms with van der Waals surface area (Å²) in [6.45, 7) is 0. The SMILES string of the molecule is COc1ccc(C(O)CSC2CCCCC2)c(OC)c1. The first-order valence-electron chi connectivity index (χ1n) is 7.26. The molecule has 1 N–H and O–H groups in total. The number of rotatable bonds is 6. The molecule has 0 bridgehead atoms. The lowest BCUT2D eigenvalue weighted by Crippen LogP contribution is -2.12. The van der Waals surface area contributed by atoms with Gasteiger partial charge in [0.15, 0.2) is 0 Å². The second-order valence-corrected chi connectivity index (χ2v) is 6.55. The molecule has 2 rings (SSSR count). The molecule has 1 unspecified atom stereocenters. The quantitative estimate of drug-likeness (QED) is 0.866. The molecule has 0 saturated heterocycles. The van der Waals surface area contributed by atoms with E-state index in [0.29, 0.717) is 11.0 Å². The van der Waals surface area contributed by atoms with E-state index in [9.17, 15) is 5.11 Å². The van der Waals surface area contributed by atoms with Gasteiger partial charge in [-0.15, -0.1) is 0 Å². The van der Waals surface area contributed by atoms with E-state index < -0.39 is 6.10 Å². The molecule has 0 spiro atoms. The van der Waals surface area contributed by atoms with Crippen LogP contribution in [0, 0.1) is 0 Å². The van der Waals surface area contributed by atoms with Crippen molar-refractivity contribution in [2.45, 2.75) is 43.5 Å². The summed E-state index contributed by atoms with van der Waals surface area (Å²) in [5.74, 6) is 2.17. The number of aliphatic hydroxyl groups is 1. The second kappa shape index (κ2) is 7.79. The first-order chi connectivity index (χ1) is 9.74. The highest BCUT2D eigenvalue weighted by atomic mass is 32.2. The maximum atomic E-state index is 10.4. The van der Waals surface area contributed by atoms with Crippen molar-refractivity contribution in [3.05, 3.63) is 23.8 Å². The van der Waals surface area contributed by atoms with Crippen LogP contribution in [-0.4, -0.2) is 30.3 Å². The normalized spacial score (nSPS) is 17.8. The molecule has 4 heteroatoms. The van der Waals surface area contributed by atoms with Crippen molar-refractivity contribution in [1.29, 1.82) is 0 Å². The standard InChI is InChI=1S/C16H24O3S/c1-18-12-8-9-14(16(10-12)19-2)15(17)11-20-13-6-4-3-5-7-13/h8-10,13,15,17H,3-7,11H2,1-2H3. The number of benzene rings is 1. The largest absolute Gasteiger partial charge is 0.497 e. The van der Waals surface area contributed by atoms with Crippen LogP contribution < -0.4 is 9.47 Å². The molecular weight excluding hydrogens is 272 g/mol. The molecule has 1 aliphatic carbocycles. The van der Waals surface area contributed by atoms with Gasteiger partial charge in [0.25, 0.3) is 0 Å². The van der Waals surface area contributed by atoms with Crippen molar-refractivity contribution in [3.63, 3.8) is 0 Å². The fourth-order valence-electron chi connectivity index (χ4n) is 2.64. The summed E-state index contributed by atoms with van der Waals surface area (Å²) in [6, 6.07) is 5.58. The minimum absolute atomic E-state index is 0.484. The lowest BCUT2D eigenvalue weighted by Gasteiger charge is -2.23. The number of aliphatic hydroxyl groups excluding tert-OH is 1. The maximum absolute atomic E-state index is 10.4. The van der Waals surface area contributed by atoms with Crippen LogP contribution in [0.1, 0.15) is 43.8 Å². The zero-order valence-electron chi connectivity index (χ0n) is 12.3. The van der Waals surface area contributed by atoms with Gasteiger partial charge in [-0.25, -0.2) is 0 Å². The number of hydrogen-bond acceptors (Lipinski definition) is 4. The molecule has 1 aliphatic rings. The van der Waals surface area contributed by atoms with Crippen molar-refractivity contribution in [3.8, 4) is 11.5 Å². The molecule has 3 nitrogen and oxygen atoms in total. The van der Waals surface area contributed by atoms with E-state index in [1.165, 1.54) is 32.1 Å². The van der Waals surface area contributed by atoms with E-state index in [1.54, 1.807) is 14.2 Å². The van der Waals surface area contributed by atoms with E-state index >= 15 is 0 Å². The third kappa shape index (κ3) is 4.06. The zero-order chi connectivity index (χ0) is 14.4. The van der Waals surface area contributed by atoms with Crippen LogP contribution in [0.2, 0.25) is 0 Å². The van der Waals surface area contributed by atoms with Gasteiger partial charge < -0.3 is 14.6 Å². The van der Waals surface area contributed by atoms with Crippen LogP contribution in [0.25, 0.3) is 0 Å². The van der Waals surface area contributed by atoms with E-state index in [1.807, 2.05) is 30.0 Å². The molecule has 1 aromatic rings. The van der Waals surface area contributed by atoms with E-state index in [4.69, 9.17) is 9.47 Å². The van der Waals surface area contributed by atoms with Crippen LogP contribution in [-0.2, 0) is 0 Å². The Hall–Kier alpha value is -0.870. The van der Waals surface area contributed by atoms with Gasteiger partial charge in [0, 0.05) is 22.6 Å². The minimum atomic E-state index is -0.484. The molecule has 1 saturated carbocycles. The van der Waals surface area contributed by atoms with Gasteiger partial charge in [-0.05, 0) is 25.0 Å². The first kappa shape index (κ1) is 15.5. The van der Waals surface area contributed by atoms with Crippen LogP contribution >= 0.6 is 11.8 Å². The summed E-state index contributed by atoms with van der Waals surface area (Å²) in [4.78, 5) is 0. The second-order valence-electron chi connectivity index (χ2n) is 5.22. The highest BCUT2D eigenvalue weighted by Crippen LogP contribution is 2.34. The summed E-state index contributed by atoms with van der Waals surface area (Å²) >= 11 is 1.89. The molecule has 1 atom stereocenters. The third-order valence-corrected chi connectivity index (χ3v) is 5.29. The van der Waals surface area contributed by atoms with Gasteiger partial charge in [0.05, 0.1) is 20.3 Å². The first-order valence-corrected chi connectivity index (χ1v) is 8.31. The lowest BCUT2D eigenvalue weighted by atomic mass is 10.0. The Kier molecular flexibility index (Phi) is 6.05. The summed E-state index contributed by atoms with van der Waals surface area (Å²) in [5, 5.41) is 11.1. The summed E-state index contributed by atoms with van der Waals surface area (Å²) < 4.78 is 10.5. The monoisotopic (exact) mass is 296 g/mol. The number of ether oxygens (including phenoxy) is 2. The van der Waals surface area contributed by atoms with Gasteiger partial charge in [0.2, 0.25) is 0 Å². The molecule has 0 amide bonds. The van der Waals surface area contributed by atoms with Gasteiger partial charge in [0.1, 0.15) is 11.5 Å². The average molecular weight is 296 g/mol. The number of methoxy groups -OCH3 is 2. The zero-order valence-corrected chi connectivity index (χ0v) is 13.1. The molecule has 112 valence electrons. The number of thioether (sulfide) groups is 1. The molecule has 0 radical (unpaired) electrons. The van der Waals surface area contributed by atoms with Crippen molar-refractivity contribution < 1.29 is 14.6 Å². The van der Waals surface area contributed by atoms with Crippen molar-refractivity contribution in [2.24, 2.45) is 0 Å². The average Bonchev–Trinajstić information content (AvgIpc) is 2.52. The summed E-state index contributed by atoms with van der Waals surface area (Å²) in [5.41, 5.74) is 0.844. The van der Waals surface area contributed by atoms with Gasteiger partial charge >= 0.3 is 0 Å². The van der Waals surface area contributed by atoms with E-state index in [2.05, 4.69) is 0 Å². The molecular formula is C16H24O3S. The highest BCUT2D eigenvalue weighted by Gasteiger charge is 2.18. The highest BCUT2D eigenvalue weighted by molar-refractivity contribution is 7.99. The Morgan fingerprint density at radius 1 is 1.20 bits per heavy atom. The van der Waals surface area contributed by atoms with Crippen molar-refractivity contribution in [2.75, 3.05) is 20.0 Å². The third-order valence-electron chi connectivity index (χ3n) is 3.84. The Morgan fingerprint density at radius 2 is 1.95 bits per heavy atom. The fraction of sp³-hybridized carbons (Fsp3) is 0.625. The van der Waals surface area contributed by atoms with Crippen LogP contribution in [0.15, 0.2) is 18.2 Å². The van der Waals surface area contributed by atoms with Gasteiger partial charge in [-0.2, -0.15) is 11.8 Å². The minimum Gasteiger partial charge on any atom is -0.497 e.